The van der Waals surface area contributed by atoms with Gasteiger partial charge in [0.1, 0.15) is 0 Å². The maximum atomic E-state index is 12.8. The van der Waals surface area contributed by atoms with E-state index in [1.165, 1.54) is 0 Å². The lowest BCUT2D eigenvalue weighted by molar-refractivity contribution is -0.117. The third-order valence-corrected chi connectivity index (χ3v) is 8.12. The smallest absolute Gasteiger partial charge is 0.240 e. The second kappa shape index (κ2) is 9.25. The number of hydrogen-bond donors (Lipinski definition) is 3. The van der Waals surface area contributed by atoms with Crippen molar-refractivity contribution in [3.05, 3.63) is 72.3 Å². The van der Waals surface area contributed by atoms with Crippen LogP contribution in [-0.2, 0) is 14.8 Å². The van der Waals surface area contributed by atoms with Gasteiger partial charge in [0.15, 0.2) is 0 Å². The summed E-state index contributed by atoms with van der Waals surface area (Å²) in [6.07, 6.45) is 2.84. The summed E-state index contributed by atoms with van der Waals surface area (Å²) in [5.41, 5.74) is 1.68. The van der Waals surface area contributed by atoms with Crippen LogP contribution in [0.15, 0.2) is 71.6 Å². The predicted molar refractivity (Wildman–Crippen MR) is 131 cm³/mol. The third-order valence-electron chi connectivity index (χ3n) is 6.70. The maximum Gasteiger partial charge on any atom is 0.240 e. The average molecular weight is 464 g/mol. The summed E-state index contributed by atoms with van der Waals surface area (Å²) in [7, 11) is -3.57. The molecule has 3 aromatic carbocycles. The topological polar surface area (TPSA) is 87.3 Å². The molecule has 172 valence electrons. The highest BCUT2D eigenvalue weighted by Gasteiger charge is 2.44. The fourth-order valence-corrected chi connectivity index (χ4v) is 5.85. The Morgan fingerprint density at radius 1 is 1.00 bits per heavy atom. The van der Waals surface area contributed by atoms with Crippen molar-refractivity contribution >= 4 is 32.4 Å². The molecule has 1 aliphatic carbocycles. The molecule has 33 heavy (non-hydrogen) atoms. The molecule has 1 aliphatic heterocycles. The lowest BCUT2D eigenvalue weighted by Gasteiger charge is -2.22. The molecule has 3 aromatic rings. The quantitative estimate of drug-likeness (QED) is 0.497. The number of benzene rings is 3. The third kappa shape index (κ3) is 5.11. The summed E-state index contributed by atoms with van der Waals surface area (Å²) in [4.78, 5) is 13.1. The van der Waals surface area contributed by atoms with Crippen LogP contribution in [0, 0.1) is 11.8 Å². The van der Waals surface area contributed by atoms with Gasteiger partial charge in [0, 0.05) is 18.2 Å². The maximum absolute atomic E-state index is 12.8. The van der Waals surface area contributed by atoms with Gasteiger partial charge in [-0.15, -0.1) is 0 Å². The molecule has 5 rings (SSSR count). The molecule has 3 N–H and O–H groups in total. The number of piperidine rings is 1. The van der Waals surface area contributed by atoms with E-state index in [1.54, 1.807) is 18.2 Å². The van der Waals surface area contributed by atoms with Crippen molar-refractivity contribution in [3.63, 3.8) is 0 Å². The van der Waals surface area contributed by atoms with E-state index in [2.05, 4.69) is 15.4 Å². The Bertz CT molecular complexity index is 1270. The number of anilines is 1. The highest BCUT2D eigenvalue weighted by Crippen LogP contribution is 2.48. The number of sulfonamides is 1. The Labute approximate surface area is 194 Å². The minimum absolute atomic E-state index is 0.0218. The van der Waals surface area contributed by atoms with E-state index in [0.717, 1.165) is 54.4 Å². The molecule has 1 heterocycles. The first-order chi connectivity index (χ1) is 16.0. The number of hydrogen-bond acceptors (Lipinski definition) is 4. The van der Waals surface area contributed by atoms with Gasteiger partial charge < -0.3 is 10.6 Å². The van der Waals surface area contributed by atoms with Crippen molar-refractivity contribution in [2.24, 2.45) is 11.8 Å². The zero-order valence-corrected chi connectivity index (χ0v) is 19.3. The normalized spacial score (nSPS) is 22.7. The van der Waals surface area contributed by atoms with Crippen LogP contribution in [0.5, 0.6) is 0 Å². The molecule has 0 bridgehead atoms. The Hall–Kier alpha value is -2.74. The van der Waals surface area contributed by atoms with E-state index < -0.39 is 10.0 Å². The number of nitrogens with one attached hydrogen (secondary N) is 3. The molecule has 3 atom stereocenters. The van der Waals surface area contributed by atoms with Crippen molar-refractivity contribution in [2.75, 3.05) is 25.0 Å². The number of rotatable bonds is 7. The minimum Gasteiger partial charge on any atom is -0.326 e. The molecule has 0 spiro atoms. The molecule has 6 nitrogen and oxygen atoms in total. The van der Waals surface area contributed by atoms with Gasteiger partial charge in [-0.3, -0.25) is 4.79 Å². The highest BCUT2D eigenvalue weighted by molar-refractivity contribution is 7.89. The molecule has 0 radical (unpaired) electrons. The van der Waals surface area contributed by atoms with Gasteiger partial charge in [-0.1, -0.05) is 42.5 Å². The van der Waals surface area contributed by atoms with E-state index in [9.17, 15) is 13.2 Å². The summed E-state index contributed by atoms with van der Waals surface area (Å²) in [5.74, 6) is 0.202. The summed E-state index contributed by atoms with van der Waals surface area (Å²) >= 11 is 0. The Balaban J connectivity index is 1.22. The van der Waals surface area contributed by atoms with E-state index in [4.69, 9.17) is 0 Å². The van der Waals surface area contributed by atoms with Crippen molar-refractivity contribution in [1.82, 2.24) is 10.0 Å². The number of carbonyl (C=O) groups is 1. The van der Waals surface area contributed by atoms with Gasteiger partial charge in [0.05, 0.1) is 4.90 Å². The van der Waals surface area contributed by atoms with Crippen molar-refractivity contribution in [2.45, 2.75) is 30.1 Å². The molecule has 1 amide bonds. The van der Waals surface area contributed by atoms with Crippen LogP contribution in [0.4, 0.5) is 5.69 Å². The van der Waals surface area contributed by atoms with Crippen LogP contribution in [0.2, 0.25) is 0 Å². The van der Waals surface area contributed by atoms with Crippen LogP contribution in [0.3, 0.4) is 0 Å². The Morgan fingerprint density at radius 3 is 2.67 bits per heavy atom. The zero-order chi connectivity index (χ0) is 22.8. The van der Waals surface area contributed by atoms with Gasteiger partial charge in [-0.05, 0) is 84.8 Å². The van der Waals surface area contributed by atoms with Gasteiger partial charge in [-0.2, -0.15) is 0 Å². The average Bonchev–Trinajstić information content (AvgIpc) is 3.65. The number of carbonyl (C=O) groups excluding carboxylic acids is 1. The van der Waals surface area contributed by atoms with Crippen LogP contribution in [0.25, 0.3) is 10.8 Å². The van der Waals surface area contributed by atoms with Crippen LogP contribution in [0.1, 0.15) is 30.7 Å². The molecule has 2 fully saturated rings. The van der Waals surface area contributed by atoms with E-state index >= 15 is 0 Å². The van der Waals surface area contributed by atoms with Gasteiger partial charge in [0.25, 0.3) is 0 Å². The van der Waals surface area contributed by atoms with Crippen molar-refractivity contribution in [1.29, 1.82) is 0 Å². The first-order valence-corrected chi connectivity index (χ1v) is 13.1. The van der Waals surface area contributed by atoms with Crippen LogP contribution < -0.4 is 15.4 Å². The van der Waals surface area contributed by atoms with Crippen LogP contribution in [-0.4, -0.2) is 34.0 Å². The Morgan fingerprint density at radius 2 is 1.85 bits per heavy atom. The van der Waals surface area contributed by atoms with Crippen LogP contribution >= 0.6 is 0 Å². The SMILES string of the molecule is O=C(Nc1ccc2ccccc2c1)[C@@H]1C[C@H]1c1cccc(S(=O)(=O)NC[C@@H]2CCCNC2)c1. The Kier molecular flexibility index (Phi) is 6.19. The second-order valence-electron chi connectivity index (χ2n) is 9.14. The monoisotopic (exact) mass is 463 g/mol. The van der Waals surface area contributed by atoms with E-state index in [0.29, 0.717) is 12.5 Å². The molecule has 7 heteroatoms. The number of fused-ring (bicyclic) bond motifs is 1. The van der Waals surface area contributed by atoms with Crippen molar-refractivity contribution in [3.8, 4) is 0 Å². The molecular formula is C26H29N3O3S. The predicted octanol–water partition coefficient (Wildman–Crippen LogP) is 3.86. The minimum atomic E-state index is -3.57. The fourth-order valence-electron chi connectivity index (χ4n) is 4.68. The summed E-state index contributed by atoms with van der Waals surface area (Å²) in [5, 5.41) is 8.54. The standard InChI is InChI=1S/C26H29N3O3S/c30-26(29-22-11-10-19-6-1-2-7-20(19)13-22)25-15-24(25)21-8-3-9-23(14-21)33(31,32)28-17-18-5-4-12-27-16-18/h1-3,6-11,13-14,18,24-25,27-28H,4-5,12,15-17H2,(H,29,30)/t18-,24+,25-/m1/s1. The van der Waals surface area contributed by atoms with E-state index in [1.807, 2.05) is 48.5 Å². The first kappa shape index (κ1) is 22.1. The molecule has 0 unspecified atom stereocenters. The fraction of sp³-hybridized carbons (Fsp3) is 0.346. The molecule has 2 aliphatic rings. The molecular weight excluding hydrogens is 434 g/mol. The lowest BCUT2D eigenvalue weighted by Crippen LogP contribution is -2.38. The zero-order valence-electron chi connectivity index (χ0n) is 18.5. The summed E-state index contributed by atoms with van der Waals surface area (Å²) in [6.45, 7) is 2.29. The second-order valence-corrected chi connectivity index (χ2v) is 10.9. The largest absolute Gasteiger partial charge is 0.326 e. The summed E-state index contributed by atoms with van der Waals surface area (Å²) < 4.78 is 28.4. The molecule has 1 saturated carbocycles. The summed E-state index contributed by atoms with van der Waals surface area (Å²) in [6, 6.07) is 21.0. The van der Waals surface area contributed by atoms with Gasteiger partial charge >= 0.3 is 0 Å². The molecule has 1 saturated heterocycles. The van der Waals surface area contributed by atoms with E-state index in [-0.39, 0.29) is 22.6 Å². The number of amides is 1. The first-order valence-electron chi connectivity index (χ1n) is 11.6. The van der Waals surface area contributed by atoms with Crippen molar-refractivity contribution < 1.29 is 13.2 Å². The lowest BCUT2D eigenvalue weighted by atomic mass is 10.0. The van der Waals surface area contributed by atoms with Gasteiger partial charge in [0.2, 0.25) is 15.9 Å². The molecule has 0 aromatic heterocycles. The highest BCUT2D eigenvalue weighted by atomic mass is 32.2. The van der Waals surface area contributed by atoms with Gasteiger partial charge in [-0.25, -0.2) is 13.1 Å².